The Kier molecular flexibility index (Phi) is 5.32. The summed E-state index contributed by atoms with van der Waals surface area (Å²) in [7, 11) is 0. The minimum atomic E-state index is -2.29. The topological polar surface area (TPSA) is 77.8 Å². The second kappa shape index (κ2) is 6.38. The lowest BCUT2D eigenvalue weighted by molar-refractivity contribution is 0.0117. The van der Waals surface area contributed by atoms with Gasteiger partial charge in [0.2, 0.25) is 0 Å². The summed E-state index contributed by atoms with van der Waals surface area (Å²) in [6.45, 7) is 0. The summed E-state index contributed by atoms with van der Waals surface area (Å²) in [6, 6.07) is 0. The van der Waals surface area contributed by atoms with Crippen molar-refractivity contribution in [2.75, 3.05) is 5.88 Å². The number of hydrogen-bond acceptors (Lipinski definition) is 3. The van der Waals surface area contributed by atoms with E-state index >= 15 is 0 Å². The molecule has 3 N–H and O–H groups in total. The highest BCUT2D eigenvalue weighted by Crippen LogP contribution is 2.31. The van der Waals surface area contributed by atoms with Crippen LogP contribution >= 0.6 is 11.6 Å². The van der Waals surface area contributed by atoms with Crippen molar-refractivity contribution in [1.82, 2.24) is 0 Å². The highest BCUT2D eigenvalue weighted by molar-refractivity contribution is 6.17. The number of aliphatic hydroxyl groups excluding tert-OH is 2. The maximum absolute atomic E-state index is 13.6. The monoisotopic (exact) mass is 316 g/mol. The smallest absolute Gasteiger partial charge is 0.341 e. The van der Waals surface area contributed by atoms with Gasteiger partial charge < -0.3 is 15.3 Å². The van der Waals surface area contributed by atoms with Gasteiger partial charge in [-0.1, -0.05) is 0 Å². The van der Waals surface area contributed by atoms with E-state index in [4.69, 9.17) is 16.7 Å². The van der Waals surface area contributed by atoms with Crippen molar-refractivity contribution >= 4 is 17.6 Å². The molecule has 2 atom stereocenters. The molecule has 9 heteroatoms. The van der Waals surface area contributed by atoms with E-state index < -0.39 is 52.6 Å². The minimum Gasteiger partial charge on any atom is -0.477 e. The molecular formula is C11H9ClF4O4. The molecule has 0 spiro atoms. The Bertz CT molecular complexity index is 509. The van der Waals surface area contributed by atoms with Crippen LogP contribution < -0.4 is 0 Å². The summed E-state index contributed by atoms with van der Waals surface area (Å²) in [5.41, 5.74) is -3.30. The highest BCUT2D eigenvalue weighted by atomic mass is 35.5. The van der Waals surface area contributed by atoms with E-state index in [-0.39, 0.29) is 12.3 Å². The summed E-state index contributed by atoms with van der Waals surface area (Å²) in [5.74, 6) is -10.9. The normalized spacial score (nSPS) is 14.2. The summed E-state index contributed by atoms with van der Waals surface area (Å²) >= 11 is 5.25. The second-order valence-electron chi connectivity index (χ2n) is 3.84. The Balaban J connectivity index is 3.47. The van der Waals surface area contributed by atoms with Gasteiger partial charge in [-0.15, -0.1) is 11.6 Å². The van der Waals surface area contributed by atoms with Crippen molar-refractivity contribution in [2.45, 2.75) is 18.6 Å². The van der Waals surface area contributed by atoms with Gasteiger partial charge in [-0.25, -0.2) is 22.4 Å². The summed E-state index contributed by atoms with van der Waals surface area (Å²) in [5, 5.41) is 27.3. The lowest BCUT2D eigenvalue weighted by atomic mass is 9.98. The Labute approximate surface area is 115 Å². The van der Waals surface area contributed by atoms with E-state index in [0.717, 1.165) is 0 Å². The minimum absolute atomic E-state index is 0.181. The molecule has 0 aromatic heterocycles. The van der Waals surface area contributed by atoms with Gasteiger partial charge in [0.05, 0.1) is 11.7 Å². The largest absolute Gasteiger partial charge is 0.477 e. The Morgan fingerprint density at radius 3 is 1.85 bits per heavy atom. The van der Waals surface area contributed by atoms with Gasteiger partial charge in [-0.2, -0.15) is 0 Å². The van der Waals surface area contributed by atoms with E-state index in [0.29, 0.717) is 0 Å². The van der Waals surface area contributed by atoms with Crippen LogP contribution in [0.25, 0.3) is 0 Å². The Hall–Kier alpha value is -1.38. The number of aliphatic hydroxyl groups is 2. The van der Waals surface area contributed by atoms with Crippen LogP contribution in [-0.2, 0) is 0 Å². The second-order valence-corrected chi connectivity index (χ2v) is 4.22. The lowest BCUT2D eigenvalue weighted by Gasteiger charge is -2.19. The quantitative estimate of drug-likeness (QED) is 0.441. The van der Waals surface area contributed by atoms with Gasteiger partial charge in [0.15, 0.2) is 23.3 Å². The summed E-state index contributed by atoms with van der Waals surface area (Å²) < 4.78 is 53.9. The molecule has 0 aliphatic carbocycles. The number of rotatable bonds is 5. The average Bonchev–Trinajstić information content (AvgIpc) is 2.36. The third-order valence-corrected chi connectivity index (χ3v) is 2.79. The average molecular weight is 317 g/mol. The van der Waals surface area contributed by atoms with Crippen molar-refractivity contribution < 1.29 is 37.7 Å². The Morgan fingerprint density at radius 2 is 1.50 bits per heavy atom. The van der Waals surface area contributed by atoms with E-state index in [1.807, 2.05) is 0 Å². The lowest BCUT2D eigenvalue weighted by Crippen LogP contribution is -2.23. The van der Waals surface area contributed by atoms with Crippen LogP contribution in [0.4, 0.5) is 17.6 Å². The van der Waals surface area contributed by atoms with E-state index in [1.165, 1.54) is 0 Å². The van der Waals surface area contributed by atoms with E-state index in [9.17, 15) is 32.6 Å². The fraction of sp³-hybridized carbons (Fsp3) is 0.364. The zero-order chi connectivity index (χ0) is 15.6. The molecule has 1 aromatic rings. The third-order valence-electron chi connectivity index (χ3n) is 2.58. The first-order valence-electron chi connectivity index (χ1n) is 5.25. The molecule has 112 valence electrons. The number of benzene rings is 1. The molecule has 0 radical (unpaired) electrons. The third kappa shape index (κ3) is 2.87. The fourth-order valence-corrected chi connectivity index (χ4v) is 1.78. The summed E-state index contributed by atoms with van der Waals surface area (Å²) in [4.78, 5) is 10.5. The highest BCUT2D eigenvalue weighted by Gasteiger charge is 2.34. The van der Waals surface area contributed by atoms with Crippen LogP contribution in [0, 0.1) is 23.3 Å². The van der Waals surface area contributed by atoms with Crippen molar-refractivity contribution in [1.29, 1.82) is 0 Å². The van der Waals surface area contributed by atoms with Crippen molar-refractivity contribution in [3.63, 3.8) is 0 Å². The fourth-order valence-electron chi connectivity index (χ4n) is 1.56. The molecule has 0 fully saturated rings. The van der Waals surface area contributed by atoms with Gasteiger partial charge in [-0.3, -0.25) is 0 Å². The molecule has 2 unspecified atom stereocenters. The maximum atomic E-state index is 13.6. The van der Waals surface area contributed by atoms with Crippen LogP contribution in [0.5, 0.6) is 0 Å². The van der Waals surface area contributed by atoms with E-state index in [2.05, 4.69) is 0 Å². The molecular weight excluding hydrogens is 308 g/mol. The zero-order valence-corrected chi connectivity index (χ0v) is 10.5. The standard InChI is InChI=1S/C11H9ClF4O4/c12-2-1-3(17)10(18)4-6(13)8(15)5(11(19)20)9(16)7(4)14/h3,10,17-18H,1-2H2,(H,19,20). The molecule has 0 heterocycles. The number of carboxylic acid groups (broad SMARTS) is 1. The van der Waals surface area contributed by atoms with Crippen LogP contribution in [0.15, 0.2) is 0 Å². The first kappa shape index (κ1) is 16.7. The van der Waals surface area contributed by atoms with Crippen molar-refractivity contribution in [2.24, 2.45) is 0 Å². The number of alkyl halides is 1. The SMILES string of the molecule is O=C(O)c1c(F)c(F)c(C(O)C(O)CCCl)c(F)c1F. The molecule has 1 rings (SSSR count). The van der Waals surface area contributed by atoms with Crippen molar-refractivity contribution in [3.05, 3.63) is 34.4 Å². The van der Waals surface area contributed by atoms with Gasteiger partial charge in [-0.05, 0) is 6.42 Å². The maximum Gasteiger partial charge on any atom is 0.341 e. The number of halogens is 5. The van der Waals surface area contributed by atoms with Crippen LogP contribution in [0.1, 0.15) is 28.4 Å². The van der Waals surface area contributed by atoms with E-state index in [1.54, 1.807) is 0 Å². The molecule has 0 amide bonds. The Morgan fingerprint density at radius 1 is 1.05 bits per heavy atom. The molecule has 0 bridgehead atoms. The molecule has 20 heavy (non-hydrogen) atoms. The number of aromatic carboxylic acids is 1. The zero-order valence-electron chi connectivity index (χ0n) is 9.71. The predicted molar refractivity (Wildman–Crippen MR) is 59.5 cm³/mol. The molecule has 4 nitrogen and oxygen atoms in total. The number of hydrogen-bond donors (Lipinski definition) is 3. The van der Waals surface area contributed by atoms with Crippen LogP contribution in [-0.4, -0.2) is 33.3 Å². The van der Waals surface area contributed by atoms with Gasteiger partial charge in [0.25, 0.3) is 0 Å². The molecule has 0 saturated heterocycles. The van der Waals surface area contributed by atoms with Gasteiger partial charge in [0, 0.05) is 5.88 Å². The van der Waals surface area contributed by atoms with Crippen LogP contribution in [0.3, 0.4) is 0 Å². The first-order chi connectivity index (χ1) is 9.23. The van der Waals surface area contributed by atoms with Crippen molar-refractivity contribution in [3.8, 4) is 0 Å². The molecule has 0 aliphatic heterocycles. The summed E-state index contributed by atoms with van der Waals surface area (Å²) in [6.07, 6.45) is -4.36. The number of carboxylic acids is 1. The van der Waals surface area contributed by atoms with Crippen LogP contribution in [0.2, 0.25) is 0 Å². The molecule has 1 aromatic carbocycles. The van der Waals surface area contributed by atoms with Gasteiger partial charge in [0.1, 0.15) is 11.7 Å². The first-order valence-corrected chi connectivity index (χ1v) is 5.78. The molecule has 0 saturated carbocycles. The number of carbonyl (C=O) groups is 1. The predicted octanol–water partition coefficient (Wildman–Crippen LogP) is 1.96. The molecule has 0 aliphatic rings. The van der Waals surface area contributed by atoms with Gasteiger partial charge >= 0.3 is 5.97 Å².